The van der Waals surface area contributed by atoms with Gasteiger partial charge in [-0.3, -0.25) is 0 Å². The van der Waals surface area contributed by atoms with Crippen molar-refractivity contribution in [3.8, 4) is 0 Å². The van der Waals surface area contributed by atoms with E-state index >= 15 is 0 Å². The highest BCUT2D eigenvalue weighted by Gasteiger charge is 2.53. The second-order valence-corrected chi connectivity index (χ2v) is 15.6. The maximum Gasteiger partial charge on any atom is 0.408 e. The zero-order valence-corrected chi connectivity index (χ0v) is 20.2. The summed E-state index contributed by atoms with van der Waals surface area (Å²) in [7, 11) is -2.01. The molecule has 2 rings (SSSR count). The highest BCUT2D eigenvalue weighted by atomic mass is 28.4. The maximum absolute atomic E-state index is 12.5. The number of ether oxygens (including phenoxy) is 4. The smallest absolute Gasteiger partial charge is 0.408 e. The van der Waals surface area contributed by atoms with Gasteiger partial charge >= 0.3 is 6.09 Å². The van der Waals surface area contributed by atoms with Gasteiger partial charge in [-0.25, -0.2) is 4.79 Å². The fourth-order valence-corrected chi connectivity index (χ4v) is 3.88. The van der Waals surface area contributed by atoms with E-state index in [0.29, 0.717) is 13.2 Å². The predicted octanol–water partition coefficient (Wildman–Crippen LogP) is 3.82. The third kappa shape index (κ3) is 6.42. The molecule has 1 amide bonds. The summed E-state index contributed by atoms with van der Waals surface area (Å²) in [4.78, 5) is 12.5. The number of carbonyl (C=O) groups is 1. The van der Waals surface area contributed by atoms with Gasteiger partial charge in [0.05, 0.1) is 19.3 Å². The first kappa shape index (κ1) is 23.6. The van der Waals surface area contributed by atoms with Gasteiger partial charge in [-0.2, -0.15) is 0 Å². The van der Waals surface area contributed by atoms with Crippen molar-refractivity contribution >= 4 is 14.4 Å². The van der Waals surface area contributed by atoms with Gasteiger partial charge in [-0.05, 0) is 52.8 Å². The topological polar surface area (TPSA) is 78.6 Å². The molecule has 4 atom stereocenters. The molecular formula is C20H39NO6Si. The van der Waals surface area contributed by atoms with Crippen LogP contribution < -0.4 is 5.32 Å². The Kier molecular flexibility index (Phi) is 6.63. The van der Waals surface area contributed by atoms with Crippen molar-refractivity contribution in [2.24, 2.45) is 0 Å². The van der Waals surface area contributed by atoms with Crippen molar-refractivity contribution in [3.63, 3.8) is 0 Å². The molecule has 2 fully saturated rings. The molecule has 0 aromatic carbocycles. The average Bonchev–Trinajstić information content (AvgIpc) is 3.24. The predicted molar refractivity (Wildman–Crippen MR) is 110 cm³/mol. The lowest BCUT2D eigenvalue weighted by Crippen LogP contribution is -2.54. The van der Waals surface area contributed by atoms with Crippen LogP contribution in [0.2, 0.25) is 18.1 Å². The fraction of sp³-hybridized carbons (Fsp3) is 0.950. The molecule has 0 aliphatic carbocycles. The van der Waals surface area contributed by atoms with Gasteiger partial charge in [0.2, 0.25) is 0 Å². The van der Waals surface area contributed by atoms with Crippen molar-refractivity contribution in [2.45, 2.75) is 109 Å². The molecule has 0 unspecified atom stereocenters. The van der Waals surface area contributed by atoms with E-state index in [4.69, 9.17) is 23.4 Å². The van der Waals surface area contributed by atoms with E-state index in [1.165, 1.54) is 0 Å². The molecule has 0 radical (unpaired) electrons. The summed E-state index contributed by atoms with van der Waals surface area (Å²) in [5, 5.41) is 3.03. The van der Waals surface area contributed by atoms with Gasteiger partial charge in [0.25, 0.3) is 0 Å². The molecule has 28 heavy (non-hydrogen) atoms. The van der Waals surface area contributed by atoms with E-state index < -0.39 is 31.8 Å². The van der Waals surface area contributed by atoms with E-state index in [-0.39, 0.29) is 23.4 Å². The summed E-state index contributed by atoms with van der Waals surface area (Å²) in [6.45, 7) is 21.2. The molecular weight excluding hydrogens is 378 g/mol. The molecule has 2 heterocycles. The number of nitrogens with one attached hydrogen (secondary N) is 1. The van der Waals surface area contributed by atoms with Crippen molar-refractivity contribution < 1.29 is 28.2 Å². The Balaban J connectivity index is 2.17. The van der Waals surface area contributed by atoms with Crippen LogP contribution in [0.5, 0.6) is 0 Å². The third-order valence-corrected chi connectivity index (χ3v) is 9.92. The van der Waals surface area contributed by atoms with Crippen LogP contribution in [0.15, 0.2) is 0 Å². The van der Waals surface area contributed by atoms with Crippen molar-refractivity contribution in [3.05, 3.63) is 0 Å². The summed E-state index contributed by atoms with van der Waals surface area (Å²) in [6, 6.07) is -0.403. The van der Waals surface area contributed by atoms with Gasteiger partial charge in [0.15, 0.2) is 14.1 Å². The van der Waals surface area contributed by atoms with Crippen LogP contribution in [0, 0.1) is 0 Å². The highest BCUT2D eigenvalue weighted by Crippen LogP contribution is 2.39. The molecule has 164 valence electrons. The van der Waals surface area contributed by atoms with Crippen LogP contribution in [0.3, 0.4) is 0 Å². The van der Waals surface area contributed by atoms with Gasteiger partial charge in [0, 0.05) is 0 Å². The second kappa shape index (κ2) is 7.87. The number of rotatable bonds is 6. The van der Waals surface area contributed by atoms with E-state index in [1.807, 2.05) is 34.6 Å². The quantitative estimate of drug-likeness (QED) is 0.523. The fourth-order valence-electron chi connectivity index (χ4n) is 2.85. The monoisotopic (exact) mass is 417 g/mol. The zero-order chi connectivity index (χ0) is 21.5. The van der Waals surface area contributed by atoms with E-state index in [0.717, 1.165) is 0 Å². The van der Waals surface area contributed by atoms with Gasteiger partial charge < -0.3 is 28.7 Å². The number of epoxide rings is 1. The molecule has 0 aromatic heterocycles. The molecule has 0 bridgehead atoms. The molecule has 1 N–H and O–H groups in total. The van der Waals surface area contributed by atoms with Gasteiger partial charge in [-0.1, -0.05) is 20.8 Å². The van der Waals surface area contributed by atoms with E-state index in [1.54, 1.807) is 0 Å². The van der Waals surface area contributed by atoms with E-state index in [9.17, 15) is 4.79 Å². The molecule has 2 aliphatic rings. The Hall–Kier alpha value is -0.673. The standard InChI is InChI=1S/C20H39NO6Si/c1-18(2,3)27-17(22)21-13(11-24-28(9,10)19(4,5)6)15-16(14-12-23-14)26-20(7,8)25-15/h13-16H,11-12H2,1-10H3,(H,21,22)/t13-,14-,15-,16-/m1/s1. The lowest BCUT2D eigenvalue weighted by Gasteiger charge is -2.38. The molecule has 0 saturated carbocycles. The van der Waals surface area contributed by atoms with Crippen molar-refractivity contribution in [2.75, 3.05) is 13.2 Å². The molecule has 0 spiro atoms. The van der Waals surface area contributed by atoms with Crippen LogP contribution in [0.4, 0.5) is 4.79 Å². The Bertz CT molecular complexity index is 562. The summed E-state index contributed by atoms with van der Waals surface area (Å²) in [5.74, 6) is -0.744. The number of hydrogen-bond donors (Lipinski definition) is 1. The Morgan fingerprint density at radius 2 is 1.75 bits per heavy atom. The van der Waals surface area contributed by atoms with Crippen LogP contribution in [0.1, 0.15) is 55.4 Å². The molecule has 2 saturated heterocycles. The lowest BCUT2D eigenvalue weighted by atomic mass is 10.0. The van der Waals surface area contributed by atoms with Crippen LogP contribution in [-0.4, -0.2) is 63.4 Å². The first-order valence-corrected chi connectivity index (χ1v) is 13.0. The Morgan fingerprint density at radius 3 is 2.21 bits per heavy atom. The Morgan fingerprint density at radius 1 is 1.18 bits per heavy atom. The lowest BCUT2D eigenvalue weighted by molar-refractivity contribution is -0.150. The van der Waals surface area contributed by atoms with Crippen molar-refractivity contribution in [1.82, 2.24) is 5.32 Å². The number of amides is 1. The van der Waals surface area contributed by atoms with Gasteiger partial charge in [-0.15, -0.1) is 0 Å². The van der Waals surface area contributed by atoms with Crippen LogP contribution >= 0.6 is 0 Å². The minimum absolute atomic E-state index is 0.0115. The Labute approximate surface area is 170 Å². The number of carbonyl (C=O) groups excluding carboxylic acids is 1. The molecule has 0 aromatic rings. The highest BCUT2D eigenvalue weighted by molar-refractivity contribution is 6.74. The molecule has 2 aliphatic heterocycles. The molecule has 7 nitrogen and oxygen atoms in total. The summed E-state index contributed by atoms with van der Waals surface area (Å²) >= 11 is 0. The van der Waals surface area contributed by atoms with Crippen LogP contribution in [0.25, 0.3) is 0 Å². The zero-order valence-electron chi connectivity index (χ0n) is 19.2. The summed E-state index contributed by atoms with van der Waals surface area (Å²) < 4.78 is 29.6. The van der Waals surface area contributed by atoms with Gasteiger partial charge in [0.1, 0.15) is 23.9 Å². The maximum atomic E-state index is 12.5. The van der Waals surface area contributed by atoms with Crippen LogP contribution in [-0.2, 0) is 23.4 Å². The molecule has 8 heteroatoms. The van der Waals surface area contributed by atoms with Crippen molar-refractivity contribution in [1.29, 1.82) is 0 Å². The number of alkyl carbamates (subject to hydrolysis) is 1. The first-order chi connectivity index (χ1) is 12.5. The minimum atomic E-state index is -2.01. The first-order valence-electron chi connectivity index (χ1n) is 10.1. The summed E-state index contributed by atoms with van der Waals surface area (Å²) in [6.07, 6.45) is -1.12. The number of hydrogen-bond acceptors (Lipinski definition) is 6. The summed E-state index contributed by atoms with van der Waals surface area (Å²) in [5.41, 5.74) is -0.583. The normalized spacial score (nSPS) is 28.7. The third-order valence-electron chi connectivity index (χ3n) is 5.42. The minimum Gasteiger partial charge on any atom is -0.444 e. The average molecular weight is 418 g/mol. The largest absolute Gasteiger partial charge is 0.444 e. The SMILES string of the molecule is CC(C)(C)OC(=O)N[C@H](CO[Si](C)(C)C(C)(C)C)[C@H]1OC(C)(C)O[C@@H]1[C@H]1CO1. The second-order valence-electron chi connectivity index (χ2n) is 10.8. The van der Waals surface area contributed by atoms with E-state index in [2.05, 4.69) is 39.2 Å².